The van der Waals surface area contributed by atoms with Crippen LogP contribution in [0.2, 0.25) is 10.0 Å². The number of ether oxygens (including phenoxy) is 1. The summed E-state index contributed by atoms with van der Waals surface area (Å²) >= 11 is 12.1. The number of nitrogens with zero attached hydrogens (tertiary/aromatic N) is 1. The van der Waals surface area contributed by atoms with Gasteiger partial charge in [-0.3, -0.25) is 4.79 Å². The lowest BCUT2D eigenvalue weighted by atomic mass is 9.83. The van der Waals surface area contributed by atoms with Gasteiger partial charge in [0.25, 0.3) is 5.91 Å². The van der Waals surface area contributed by atoms with E-state index in [1.807, 2.05) is 0 Å². The molecule has 0 aromatic heterocycles. The van der Waals surface area contributed by atoms with Crippen LogP contribution in [-0.4, -0.2) is 23.5 Å². The van der Waals surface area contributed by atoms with Crippen molar-refractivity contribution in [3.63, 3.8) is 0 Å². The molecule has 1 amide bonds. The Hall–Kier alpha value is -2.03. The number of carbonyl (C=O) groups excluding carboxylic acids is 2. The van der Waals surface area contributed by atoms with Crippen molar-refractivity contribution >= 4 is 41.2 Å². The number of rotatable bonds is 5. The van der Waals surface area contributed by atoms with Crippen molar-refractivity contribution in [1.82, 2.24) is 5.32 Å². The quantitative estimate of drug-likeness (QED) is 0.596. The Kier molecular flexibility index (Phi) is 7.07. The highest BCUT2D eigenvalue weighted by molar-refractivity contribution is 6.37. The van der Waals surface area contributed by atoms with Gasteiger partial charge in [0.2, 0.25) is 0 Å². The van der Waals surface area contributed by atoms with Crippen LogP contribution in [0.1, 0.15) is 44.6 Å². The fourth-order valence-corrected chi connectivity index (χ4v) is 3.37. The summed E-state index contributed by atoms with van der Waals surface area (Å²) in [6, 6.07) is 7.20. The summed E-state index contributed by atoms with van der Waals surface area (Å²) in [6.07, 6.45) is 5.65. The fraction of sp³-hybridized carbons (Fsp3) is 0.421. The number of amides is 1. The highest BCUT2D eigenvalue weighted by atomic mass is 35.5. The Morgan fingerprint density at radius 2 is 1.88 bits per heavy atom. The molecule has 0 spiro atoms. The van der Waals surface area contributed by atoms with Crippen molar-refractivity contribution in [2.45, 2.75) is 50.7 Å². The SMILES string of the molecule is C[C@@H](OC(=O)/C=C/c1c(Cl)cccc1Cl)C(=O)NC1(C#N)CCCCC1. The minimum Gasteiger partial charge on any atom is -0.449 e. The Balaban J connectivity index is 1.95. The fourth-order valence-electron chi connectivity index (χ4n) is 2.85. The van der Waals surface area contributed by atoms with Gasteiger partial charge in [0.05, 0.1) is 6.07 Å². The van der Waals surface area contributed by atoms with E-state index in [4.69, 9.17) is 27.9 Å². The monoisotopic (exact) mass is 394 g/mol. The molecule has 0 unspecified atom stereocenters. The van der Waals surface area contributed by atoms with Crippen LogP contribution in [0.3, 0.4) is 0 Å². The molecule has 1 aromatic rings. The molecule has 2 rings (SSSR count). The standard InChI is InChI=1S/C19H20Cl2N2O3/c1-13(18(25)23-19(12-22)10-3-2-4-11-19)26-17(24)9-8-14-15(20)6-5-7-16(14)21/h5-9,13H,2-4,10-11H2,1H3,(H,23,25)/b9-8+/t13-/m1/s1. The van der Waals surface area contributed by atoms with E-state index in [-0.39, 0.29) is 0 Å². The summed E-state index contributed by atoms with van der Waals surface area (Å²) in [6.45, 7) is 1.47. The molecule has 1 atom stereocenters. The van der Waals surface area contributed by atoms with E-state index in [1.54, 1.807) is 18.2 Å². The van der Waals surface area contributed by atoms with E-state index in [2.05, 4.69) is 11.4 Å². The first kappa shape index (κ1) is 20.3. The number of esters is 1. The number of hydrogen-bond acceptors (Lipinski definition) is 4. The number of hydrogen-bond donors (Lipinski definition) is 1. The van der Waals surface area contributed by atoms with E-state index in [9.17, 15) is 14.9 Å². The number of nitrogens with one attached hydrogen (secondary N) is 1. The highest BCUT2D eigenvalue weighted by Crippen LogP contribution is 2.28. The highest BCUT2D eigenvalue weighted by Gasteiger charge is 2.35. The van der Waals surface area contributed by atoms with Gasteiger partial charge in [-0.25, -0.2) is 4.79 Å². The predicted molar refractivity (Wildman–Crippen MR) is 101 cm³/mol. The molecule has 1 fully saturated rings. The molecule has 26 heavy (non-hydrogen) atoms. The van der Waals surface area contributed by atoms with Gasteiger partial charge in [0.15, 0.2) is 6.10 Å². The van der Waals surface area contributed by atoms with E-state index in [0.717, 1.165) is 25.3 Å². The Morgan fingerprint density at radius 3 is 2.46 bits per heavy atom. The maximum absolute atomic E-state index is 12.3. The molecule has 7 heteroatoms. The molecule has 1 saturated carbocycles. The molecule has 0 heterocycles. The van der Waals surface area contributed by atoms with Crippen LogP contribution < -0.4 is 5.32 Å². The first-order chi connectivity index (χ1) is 12.4. The van der Waals surface area contributed by atoms with Gasteiger partial charge in [-0.05, 0) is 38.0 Å². The third-order valence-corrected chi connectivity index (χ3v) is 4.99. The largest absolute Gasteiger partial charge is 0.449 e. The lowest BCUT2D eigenvalue weighted by molar-refractivity contribution is -0.150. The number of halogens is 2. The van der Waals surface area contributed by atoms with Gasteiger partial charge in [0, 0.05) is 21.7 Å². The van der Waals surface area contributed by atoms with Gasteiger partial charge in [-0.2, -0.15) is 5.26 Å². The zero-order chi connectivity index (χ0) is 19.2. The van der Waals surface area contributed by atoms with Crippen LogP contribution in [0.25, 0.3) is 6.08 Å². The van der Waals surface area contributed by atoms with E-state index < -0.39 is 23.5 Å². The average molecular weight is 395 g/mol. The van der Waals surface area contributed by atoms with Gasteiger partial charge in [-0.1, -0.05) is 48.5 Å². The maximum Gasteiger partial charge on any atom is 0.331 e. The van der Waals surface area contributed by atoms with E-state index in [0.29, 0.717) is 28.5 Å². The Bertz CT molecular complexity index is 729. The molecule has 1 aromatic carbocycles. The molecule has 0 aliphatic heterocycles. The summed E-state index contributed by atoms with van der Waals surface area (Å²) in [7, 11) is 0. The molecular formula is C19H20Cl2N2O3. The van der Waals surface area contributed by atoms with Crippen LogP contribution in [0.15, 0.2) is 24.3 Å². The van der Waals surface area contributed by atoms with Crippen molar-refractivity contribution in [3.8, 4) is 6.07 Å². The maximum atomic E-state index is 12.3. The number of nitriles is 1. The summed E-state index contributed by atoms with van der Waals surface area (Å²) in [5.74, 6) is -1.18. The Labute approximate surface area is 162 Å². The minimum atomic E-state index is -1.01. The van der Waals surface area contributed by atoms with Crippen LogP contribution in [0.5, 0.6) is 0 Å². The normalized spacial score (nSPS) is 17.3. The lowest BCUT2D eigenvalue weighted by Gasteiger charge is -2.32. The van der Waals surface area contributed by atoms with Crippen molar-refractivity contribution in [1.29, 1.82) is 5.26 Å². The van der Waals surface area contributed by atoms with Gasteiger partial charge < -0.3 is 10.1 Å². The topological polar surface area (TPSA) is 79.2 Å². The lowest BCUT2D eigenvalue weighted by Crippen LogP contribution is -2.52. The molecule has 1 aliphatic rings. The molecule has 0 bridgehead atoms. The van der Waals surface area contributed by atoms with Crippen molar-refractivity contribution in [3.05, 3.63) is 39.9 Å². The summed E-state index contributed by atoms with van der Waals surface area (Å²) < 4.78 is 5.11. The second-order valence-electron chi connectivity index (χ2n) is 6.29. The third kappa shape index (κ3) is 5.23. The zero-order valence-corrected chi connectivity index (χ0v) is 15.9. The van der Waals surface area contributed by atoms with Crippen LogP contribution in [0, 0.1) is 11.3 Å². The minimum absolute atomic E-state index is 0.403. The van der Waals surface area contributed by atoms with E-state index in [1.165, 1.54) is 13.0 Å². The van der Waals surface area contributed by atoms with Crippen molar-refractivity contribution in [2.75, 3.05) is 0 Å². The van der Waals surface area contributed by atoms with Gasteiger partial charge >= 0.3 is 5.97 Å². The molecule has 0 radical (unpaired) electrons. The first-order valence-corrected chi connectivity index (χ1v) is 9.18. The molecule has 0 saturated heterocycles. The number of carbonyl (C=O) groups is 2. The molecule has 5 nitrogen and oxygen atoms in total. The molecule has 138 valence electrons. The zero-order valence-electron chi connectivity index (χ0n) is 14.4. The molecule has 1 N–H and O–H groups in total. The third-order valence-electron chi connectivity index (χ3n) is 4.33. The van der Waals surface area contributed by atoms with E-state index >= 15 is 0 Å². The second kappa shape index (κ2) is 9.07. The summed E-state index contributed by atoms with van der Waals surface area (Å²) in [4.78, 5) is 24.2. The van der Waals surface area contributed by atoms with Crippen LogP contribution in [0.4, 0.5) is 0 Å². The van der Waals surface area contributed by atoms with Gasteiger partial charge in [-0.15, -0.1) is 0 Å². The second-order valence-corrected chi connectivity index (χ2v) is 7.11. The van der Waals surface area contributed by atoms with Crippen LogP contribution >= 0.6 is 23.2 Å². The van der Waals surface area contributed by atoms with Crippen LogP contribution in [-0.2, 0) is 14.3 Å². The summed E-state index contributed by atoms with van der Waals surface area (Å²) in [5.41, 5.74) is -0.368. The van der Waals surface area contributed by atoms with Crippen molar-refractivity contribution < 1.29 is 14.3 Å². The molecular weight excluding hydrogens is 375 g/mol. The van der Waals surface area contributed by atoms with Crippen molar-refractivity contribution in [2.24, 2.45) is 0 Å². The summed E-state index contributed by atoms with van der Waals surface area (Å²) in [5, 5.41) is 12.9. The molecule has 1 aliphatic carbocycles. The smallest absolute Gasteiger partial charge is 0.331 e. The number of benzene rings is 1. The predicted octanol–water partition coefficient (Wildman–Crippen LogP) is 4.28. The average Bonchev–Trinajstić information content (AvgIpc) is 2.62. The first-order valence-electron chi connectivity index (χ1n) is 8.43. The Morgan fingerprint density at radius 1 is 1.27 bits per heavy atom. The van der Waals surface area contributed by atoms with Gasteiger partial charge in [0.1, 0.15) is 5.54 Å².